The highest BCUT2D eigenvalue weighted by atomic mass is 19.1. The summed E-state index contributed by atoms with van der Waals surface area (Å²) in [5.41, 5.74) is 2.28. The average molecular weight is 319 g/mol. The molecule has 1 aromatic carbocycles. The lowest BCUT2D eigenvalue weighted by Crippen LogP contribution is -2.37. The molecule has 0 saturated carbocycles. The molecule has 1 aromatic heterocycles. The summed E-state index contributed by atoms with van der Waals surface area (Å²) in [5, 5.41) is 13.2. The number of hydrogen-bond donors (Lipinski definition) is 1. The Balaban J connectivity index is 2.13. The maximum absolute atomic E-state index is 12.9. The number of halogens is 1. The number of carbonyl (C=O) groups excluding carboxylic acids is 1. The highest BCUT2D eigenvalue weighted by molar-refractivity contribution is 5.81. The Bertz CT molecular complexity index is 710. The fourth-order valence-corrected chi connectivity index (χ4v) is 2.27. The SMILES string of the molecule is Cc1cc(C)n(CC(=O)N(CC(=O)O)Cc2ccc(F)cc2)n1. The number of aromatic nitrogens is 2. The number of hydrogen-bond acceptors (Lipinski definition) is 3. The first-order valence-electron chi connectivity index (χ1n) is 7.10. The van der Waals surface area contributed by atoms with Crippen molar-refractivity contribution in [1.29, 1.82) is 0 Å². The van der Waals surface area contributed by atoms with Gasteiger partial charge in [-0.05, 0) is 37.6 Å². The zero-order valence-corrected chi connectivity index (χ0v) is 13.0. The van der Waals surface area contributed by atoms with Gasteiger partial charge >= 0.3 is 5.97 Å². The molecule has 0 bridgehead atoms. The largest absolute Gasteiger partial charge is 0.480 e. The molecule has 23 heavy (non-hydrogen) atoms. The summed E-state index contributed by atoms with van der Waals surface area (Å²) in [4.78, 5) is 24.6. The number of aliphatic carboxylic acids is 1. The molecule has 2 rings (SSSR count). The van der Waals surface area contributed by atoms with E-state index in [-0.39, 0.29) is 24.8 Å². The minimum Gasteiger partial charge on any atom is -0.480 e. The van der Waals surface area contributed by atoms with Gasteiger partial charge in [0.2, 0.25) is 5.91 Å². The van der Waals surface area contributed by atoms with E-state index in [0.717, 1.165) is 11.4 Å². The smallest absolute Gasteiger partial charge is 0.323 e. The van der Waals surface area contributed by atoms with E-state index < -0.39 is 12.5 Å². The lowest BCUT2D eigenvalue weighted by atomic mass is 10.2. The van der Waals surface area contributed by atoms with Gasteiger partial charge in [0.1, 0.15) is 18.9 Å². The van der Waals surface area contributed by atoms with E-state index in [4.69, 9.17) is 5.11 Å². The number of amides is 1. The highest BCUT2D eigenvalue weighted by Gasteiger charge is 2.18. The molecule has 1 N–H and O–H groups in total. The van der Waals surface area contributed by atoms with E-state index in [1.807, 2.05) is 19.9 Å². The lowest BCUT2D eigenvalue weighted by Gasteiger charge is -2.21. The Morgan fingerprint density at radius 1 is 1.26 bits per heavy atom. The number of aryl methyl sites for hydroxylation is 2. The summed E-state index contributed by atoms with van der Waals surface area (Å²) in [7, 11) is 0. The van der Waals surface area contributed by atoms with Crippen LogP contribution in [-0.4, -0.2) is 38.2 Å². The molecule has 0 saturated heterocycles. The van der Waals surface area contributed by atoms with Crippen LogP contribution in [0.1, 0.15) is 17.0 Å². The Morgan fingerprint density at radius 2 is 1.91 bits per heavy atom. The van der Waals surface area contributed by atoms with Gasteiger partial charge in [-0.3, -0.25) is 14.3 Å². The van der Waals surface area contributed by atoms with E-state index in [0.29, 0.717) is 5.56 Å². The van der Waals surface area contributed by atoms with Crippen LogP contribution in [0.3, 0.4) is 0 Å². The maximum Gasteiger partial charge on any atom is 0.323 e. The zero-order chi connectivity index (χ0) is 17.0. The molecule has 7 heteroatoms. The van der Waals surface area contributed by atoms with Crippen molar-refractivity contribution >= 4 is 11.9 Å². The summed E-state index contributed by atoms with van der Waals surface area (Å²) in [5.74, 6) is -1.84. The summed E-state index contributed by atoms with van der Waals surface area (Å²) < 4.78 is 14.5. The quantitative estimate of drug-likeness (QED) is 0.880. The highest BCUT2D eigenvalue weighted by Crippen LogP contribution is 2.09. The van der Waals surface area contributed by atoms with Crippen molar-refractivity contribution in [3.63, 3.8) is 0 Å². The van der Waals surface area contributed by atoms with Gasteiger partial charge < -0.3 is 10.0 Å². The van der Waals surface area contributed by atoms with Crippen LogP contribution in [0.5, 0.6) is 0 Å². The molecule has 122 valence electrons. The molecular weight excluding hydrogens is 301 g/mol. The number of nitrogens with zero attached hydrogens (tertiary/aromatic N) is 3. The molecule has 0 fully saturated rings. The summed E-state index contributed by atoms with van der Waals surface area (Å²) in [6.07, 6.45) is 0. The summed E-state index contributed by atoms with van der Waals surface area (Å²) in [6.45, 7) is 3.30. The first-order chi connectivity index (χ1) is 10.8. The maximum atomic E-state index is 12.9. The molecule has 0 radical (unpaired) electrons. The molecule has 0 unspecified atom stereocenters. The molecule has 0 aliphatic carbocycles. The molecule has 0 spiro atoms. The second kappa shape index (κ2) is 7.04. The van der Waals surface area contributed by atoms with Gasteiger partial charge in [0.15, 0.2) is 0 Å². The second-order valence-corrected chi connectivity index (χ2v) is 5.35. The molecule has 1 amide bonds. The molecule has 1 heterocycles. The Kier molecular flexibility index (Phi) is 5.10. The topological polar surface area (TPSA) is 75.4 Å². The van der Waals surface area contributed by atoms with Crippen molar-refractivity contribution in [2.24, 2.45) is 0 Å². The normalized spacial score (nSPS) is 10.6. The zero-order valence-electron chi connectivity index (χ0n) is 13.0. The van der Waals surface area contributed by atoms with Gasteiger partial charge in [-0.2, -0.15) is 5.10 Å². The van der Waals surface area contributed by atoms with Gasteiger partial charge in [0.05, 0.1) is 5.69 Å². The Labute approximate surface area is 133 Å². The first-order valence-corrected chi connectivity index (χ1v) is 7.10. The van der Waals surface area contributed by atoms with Crippen LogP contribution in [0.2, 0.25) is 0 Å². The number of carbonyl (C=O) groups is 2. The van der Waals surface area contributed by atoms with Crippen LogP contribution in [0.4, 0.5) is 4.39 Å². The molecule has 0 aliphatic rings. The van der Waals surface area contributed by atoms with Crippen LogP contribution in [0.25, 0.3) is 0 Å². The van der Waals surface area contributed by atoms with E-state index in [1.54, 1.807) is 0 Å². The van der Waals surface area contributed by atoms with Gasteiger partial charge in [0.25, 0.3) is 0 Å². The van der Waals surface area contributed by atoms with Crippen LogP contribution in [0, 0.1) is 19.7 Å². The van der Waals surface area contributed by atoms with Crippen LogP contribution < -0.4 is 0 Å². The number of rotatable bonds is 6. The van der Waals surface area contributed by atoms with E-state index >= 15 is 0 Å². The third-order valence-corrected chi connectivity index (χ3v) is 3.35. The lowest BCUT2D eigenvalue weighted by molar-refractivity contribution is -0.145. The number of carboxylic acid groups (broad SMARTS) is 1. The van der Waals surface area contributed by atoms with E-state index in [9.17, 15) is 14.0 Å². The van der Waals surface area contributed by atoms with Gasteiger partial charge in [-0.25, -0.2) is 4.39 Å². The third kappa shape index (κ3) is 4.64. The van der Waals surface area contributed by atoms with E-state index in [2.05, 4.69) is 5.10 Å². The van der Waals surface area contributed by atoms with Crippen LogP contribution in [0.15, 0.2) is 30.3 Å². The van der Waals surface area contributed by atoms with Gasteiger partial charge in [0, 0.05) is 12.2 Å². The number of benzene rings is 1. The van der Waals surface area contributed by atoms with E-state index in [1.165, 1.54) is 33.8 Å². The summed E-state index contributed by atoms with van der Waals surface area (Å²) >= 11 is 0. The summed E-state index contributed by atoms with van der Waals surface area (Å²) in [6, 6.07) is 7.45. The number of carboxylic acids is 1. The molecule has 6 nitrogen and oxygen atoms in total. The first kappa shape index (κ1) is 16.7. The predicted molar refractivity (Wildman–Crippen MR) is 81.2 cm³/mol. The fraction of sp³-hybridized carbons (Fsp3) is 0.312. The fourth-order valence-electron chi connectivity index (χ4n) is 2.27. The Hall–Kier alpha value is -2.70. The van der Waals surface area contributed by atoms with Crippen molar-refractivity contribution in [1.82, 2.24) is 14.7 Å². The molecular formula is C16H18FN3O3. The van der Waals surface area contributed by atoms with Crippen molar-refractivity contribution in [2.45, 2.75) is 26.9 Å². The average Bonchev–Trinajstić information content (AvgIpc) is 2.78. The molecule has 0 aliphatic heterocycles. The van der Waals surface area contributed by atoms with Gasteiger partial charge in [-0.15, -0.1) is 0 Å². The van der Waals surface area contributed by atoms with Crippen molar-refractivity contribution in [2.75, 3.05) is 6.54 Å². The molecule has 2 aromatic rings. The predicted octanol–water partition coefficient (Wildman–Crippen LogP) is 1.75. The van der Waals surface area contributed by atoms with Crippen molar-refractivity contribution in [3.05, 3.63) is 53.1 Å². The minimum absolute atomic E-state index is 0.0336. The van der Waals surface area contributed by atoms with Crippen molar-refractivity contribution in [3.8, 4) is 0 Å². The van der Waals surface area contributed by atoms with Crippen LogP contribution >= 0.6 is 0 Å². The van der Waals surface area contributed by atoms with Crippen molar-refractivity contribution < 1.29 is 19.1 Å². The Morgan fingerprint density at radius 3 is 2.43 bits per heavy atom. The minimum atomic E-state index is -1.10. The van der Waals surface area contributed by atoms with Crippen LogP contribution in [-0.2, 0) is 22.7 Å². The molecule has 0 atom stereocenters. The monoisotopic (exact) mass is 319 g/mol. The second-order valence-electron chi connectivity index (χ2n) is 5.35. The van der Waals surface area contributed by atoms with Gasteiger partial charge in [-0.1, -0.05) is 12.1 Å². The standard InChI is InChI=1S/C16H18FN3O3/c1-11-7-12(2)20(18-11)9-15(21)19(10-16(22)23)8-13-3-5-14(17)6-4-13/h3-7H,8-10H2,1-2H3,(H,22,23). The third-order valence-electron chi connectivity index (χ3n) is 3.35.